The minimum atomic E-state index is 0.0828. The standard InChI is InChI=1S/C18H17N5O2/c1-12-3-2-4-13(7-12)8-16(24)23-10-14(11-23)18-21-17(22-25-18)15-9-19-5-6-20-15/h2-7,9,14H,8,10-11H2,1H3. The number of carbonyl (C=O) groups excluding carboxylic acids is 1. The van der Waals surface area contributed by atoms with Gasteiger partial charge >= 0.3 is 0 Å². The van der Waals surface area contributed by atoms with Gasteiger partial charge in [-0.25, -0.2) is 4.98 Å². The van der Waals surface area contributed by atoms with E-state index in [2.05, 4.69) is 20.1 Å². The van der Waals surface area contributed by atoms with E-state index in [0.717, 1.165) is 11.1 Å². The average Bonchev–Trinajstić information content (AvgIpc) is 3.04. The zero-order valence-electron chi connectivity index (χ0n) is 13.8. The van der Waals surface area contributed by atoms with Crippen molar-refractivity contribution < 1.29 is 9.32 Å². The first-order valence-corrected chi connectivity index (χ1v) is 8.12. The molecule has 1 saturated heterocycles. The smallest absolute Gasteiger partial charge is 0.233 e. The number of nitrogens with zero attached hydrogens (tertiary/aromatic N) is 5. The molecule has 0 bridgehead atoms. The molecule has 0 aliphatic carbocycles. The van der Waals surface area contributed by atoms with E-state index in [0.29, 0.717) is 36.9 Å². The molecule has 25 heavy (non-hydrogen) atoms. The van der Waals surface area contributed by atoms with Crippen molar-refractivity contribution >= 4 is 5.91 Å². The van der Waals surface area contributed by atoms with Crippen LogP contribution in [0.25, 0.3) is 11.5 Å². The van der Waals surface area contributed by atoms with Crippen LogP contribution in [0.2, 0.25) is 0 Å². The van der Waals surface area contributed by atoms with Crippen molar-refractivity contribution in [2.75, 3.05) is 13.1 Å². The fourth-order valence-electron chi connectivity index (χ4n) is 2.87. The molecule has 0 radical (unpaired) electrons. The Hall–Kier alpha value is -3.09. The summed E-state index contributed by atoms with van der Waals surface area (Å²) in [4.78, 5) is 26.7. The summed E-state index contributed by atoms with van der Waals surface area (Å²) in [5.41, 5.74) is 2.77. The third kappa shape index (κ3) is 3.26. The summed E-state index contributed by atoms with van der Waals surface area (Å²) >= 11 is 0. The van der Waals surface area contributed by atoms with Crippen molar-refractivity contribution in [2.24, 2.45) is 0 Å². The molecule has 3 heterocycles. The molecule has 0 N–H and O–H groups in total. The molecule has 1 aliphatic rings. The number of rotatable bonds is 4. The highest BCUT2D eigenvalue weighted by Gasteiger charge is 2.35. The van der Waals surface area contributed by atoms with E-state index in [1.54, 1.807) is 18.6 Å². The maximum absolute atomic E-state index is 12.4. The predicted octanol–water partition coefficient (Wildman–Crippen LogP) is 2.00. The van der Waals surface area contributed by atoms with E-state index in [1.807, 2.05) is 36.1 Å². The Morgan fingerprint density at radius 3 is 2.96 bits per heavy atom. The SMILES string of the molecule is Cc1cccc(CC(=O)N2CC(c3nc(-c4cnccn4)no3)C2)c1. The maximum Gasteiger partial charge on any atom is 0.233 e. The zero-order valence-corrected chi connectivity index (χ0v) is 13.8. The van der Waals surface area contributed by atoms with Gasteiger partial charge in [-0.1, -0.05) is 35.0 Å². The third-order valence-electron chi connectivity index (χ3n) is 4.26. The van der Waals surface area contributed by atoms with Crippen LogP contribution in [0.3, 0.4) is 0 Å². The number of aryl methyl sites for hydroxylation is 1. The minimum absolute atomic E-state index is 0.0828. The molecule has 0 saturated carbocycles. The van der Waals surface area contributed by atoms with Crippen LogP contribution in [-0.4, -0.2) is 44.0 Å². The van der Waals surface area contributed by atoms with Gasteiger partial charge < -0.3 is 9.42 Å². The van der Waals surface area contributed by atoms with Crippen molar-refractivity contribution in [3.05, 3.63) is 59.9 Å². The molecule has 1 aliphatic heterocycles. The monoisotopic (exact) mass is 335 g/mol. The van der Waals surface area contributed by atoms with E-state index in [4.69, 9.17) is 4.52 Å². The van der Waals surface area contributed by atoms with Gasteiger partial charge in [0.1, 0.15) is 5.69 Å². The lowest BCUT2D eigenvalue weighted by Crippen LogP contribution is -2.49. The second kappa shape index (κ2) is 6.43. The van der Waals surface area contributed by atoms with Crippen molar-refractivity contribution in [2.45, 2.75) is 19.3 Å². The van der Waals surface area contributed by atoms with E-state index in [1.165, 1.54) is 0 Å². The first-order chi connectivity index (χ1) is 12.2. The van der Waals surface area contributed by atoms with Crippen molar-refractivity contribution in [3.8, 4) is 11.5 Å². The predicted molar refractivity (Wildman–Crippen MR) is 89.5 cm³/mol. The lowest BCUT2D eigenvalue weighted by Gasteiger charge is -2.37. The highest BCUT2D eigenvalue weighted by molar-refractivity contribution is 5.79. The van der Waals surface area contributed by atoms with E-state index >= 15 is 0 Å². The van der Waals surface area contributed by atoms with E-state index in [-0.39, 0.29) is 11.8 Å². The van der Waals surface area contributed by atoms with Crippen LogP contribution in [0.5, 0.6) is 0 Å². The first-order valence-electron chi connectivity index (χ1n) is 8.12. The highest BCUT2D eigenvalue weighted by Crippen LogP contribution is 2.27. The Bertz CT molecular complexity index is 887. The van der Waals surface area contributed by atoms with Gasteiger partial charge in [0.25, 0.3) is 0 Å². The van der Waals surface area contributed by atoms with Gasteiger partial charge in [0.2, 0.25) is 17.6 Å². The van der Waals surface area contributed by atoms with E-state index < -0.39 is 0 Å². The number of benzene rings is 1. The molecule has 1 aromatic carbocycles. The maximum atomic E-state index is 12.4. The lowest BCUT2D eigenvalue weighted by atomic mass is 9.98. The second-order valence-corrected chi connectivity index (χ2v) is 6.21. The summed E-state index contributed by atoms with van der Waals surface area (Å²) in [5.74, 6) is 1.17. The number of hydrogen-bond donors (Lipinski definition) is 0. The summed E-state index contributed by atoms with van der Waals surface area (Å²) in [6.07, 6.45) is 5.19. The van der Waals surface area contributed by atoms with Gasteiger partial charge in [0, 0.05) is 25.5 Å². The topological polar surface area (TPSA) is 85.0 Å². The number of amides is 1. The normalized spacial score (nSPS) is 14.4. The number of likely N-dealkylation sites (tertiary alicyclic amines) is 1. The molecule has 0 spiro atoms. The summed E-state index contributed by atoms with van der Waals surface area (Å²) in [6, 6.07) is 8.02. The van der Waals surface area contributed by atoms with Crippen LogP contribution < -0.4 is 0 Å². The molecule has 126 valence electrons. The fraction of sp³-hybridized carbons (Fsp3) is 0.278. The van der Waals surface area contributed by atoms with Crippen LogP contribution in [0.4, 0.5) is 0 Å². The van der Waals surface area contributed by atoms with Gasteiger partial charge in [-0.2, -0.15) is 4.98 Å². The molecular formula is C18H17N5O2. The lowest BCUT2D eigenvalue weighted by molar-refractivity contribution is -0.135. The number of hydrogen-bond acceptors (Lipinski definition) is 6. The Kier molecular flexibility index (Phi) is 3.97. The largest absolute Gasteiger partial charge is 0.341 e. The summed E-state index contributed by atoms with van der Waals surface area (Å²) in [6.45, 7) is 3.23. The second-order valence-electron chi connectivity index (χ2n) is 6.21. The van der Waals surface area contributed by atoms with Gasteiger partial charge in [0.15, 0.2) is 0 Å². The molecule has 3 aromatic rings. The molecule has 4 rings (SSSR count). The number of carbonyl (C=O) groups is 1. The zero-order chi connectivity index (χ0) is 17.2. The van der Waals surface area contributed by atoms with Crippen LogP contribution in [-0.2, 0) is 11.2 Å². The summed E-state index contributed by atoms with van der Waals surface area (Å²) in [7, 11) is 0. The van der Waals surface area contributed by atoms with Gasteiger partial charge in [-0.05, 0) is 12.5 Å². The van der Waals surface area contributed by atoms with E-state index in [9.17, 15) is 4.79 Å². The summed E-state index contributed by atoms with van der Waals surface area (Å²) < 4.78 is 5.32. The quantitative estimate of drug-likeness (QED) is 0.725. The average molecular weight is 335 g/mol. The van der Waals surface area contributed by atoms with Gasteiger partial charge in [-0.15, -0.1) is 0 Å². The molecule has 1 fully saturated rings. The minimum Gasteiger partial charge on any atom is -0.341 e. The van der Waals surface area contributed by atoms with Crippen molar-refractivity contribution in [1.82, 2.24) is 25.0 Å². The Labute approximate surface area is 144 Å². The third-order valence-corrected chi connectivity index (χ3v) is 4.26. The van der Waals surface area contributed by atoms with Crippen LogP contribution >= 0.6 is 0 Å². The van der Waals surface area contributed by atoms with Gasteiger partial charge in [-0.3, -0.25) is 9.78 Å². The van der Waals surface area contributed by atoms with Crippen molar-refractivity contribution in [1.29, 1.82) is 0 Å². The molecule has 1 amide bonds. The first kappa shape index (κ1) is 15.4. The van der Waals surface area contributed by atoms with Gasteiger partial charge in [0.05, 0.1) is 18.5 Å². The molecule has 7 heteroatoms. The van der Waals surface area contributed by atoms with Crippen LogP contribution in [0, 0.1) is 6.92 Å². The van der Waals surface area contributed by atoms with Crippen LogP contribution in [0.1, 0.15) is 22.9 Å². The molecule has 0 unspecified atom stereocenters. The Balaban J connectivity index is 1.36. The molecule has 0 atom stereocenters. The molecule has 2 aromatic heterocycles. The molecular weight excluding hydrogens is 318 g/mol. The van der Waals surface area contributed by atoms with Crippen molar-refractivity contribution in [3.63, 3.8) is 0 Å². The Morgan fingerprint density at radius 2 is 2.20 bits per heavy atom. The molecule has 7 nitrogen and oxygen atoms in total. The van der Waals surface area contributed by atoms with Crippen LogP contribution in [0.15, 0.2) is 47.4 Å². The summed E-state index contributed by atoms with van der Waals surface area (Å²) in [5, 5.41) is 3.94. The Morgan fingerprint density at radius 1 is 1.32 bits per heavy atom. The fourth-order valence-corrected chi connectivity index (χ4v) is 2.87. The highest BCUT2D eigenvalue weighted by atomic mass is 16.5. The number of aromatic nitrogens is 4.